The molecule has 4 rings (SSSR count). The fraction of sp³-hybridized carbons (Fsp3) is 0.592. The van der Waals surface area contributed by atoms with Crippen LogP contribution in [0.2, 0.25) is 0 Å². The second-order valence-electron chi connectivity index (χ2n) is 16.6. The number of esters is 4. The zero-order chi connectivity index (χ0) is 42.1. The maximum Gasteiger partial charge on any atom is 0.333 e. The first-order valence-electron chi connectivity index (χ1n) is 22.1. The monoisotopic (exact) mass is 816 g/mol. The molecule has 10 nitrogen and oxygen atoms in total. The van der Waals surface area contributed by atoms with E-state index in [1.807, 2.05) is 48.5 Å². The zero-order valence-corrected chi connectivity index (χ0v) is 35.7. The highest BCUT2D eigenvalue weighted by Crippen LogP contribution is 2.27. The Bertz CT molecular complexity index is 1600. The Morgan fingerprint density at radius 2 is 1.00 bits per heavy atom. The number of hydrogen-bond donors (Lipinski definition) is 0. The molecule has 0 bridgehead atoms. The Kier molecular flexibility index (Phi) is 21.1. The van der Waals surface area contributed by atoms with E-state index in [-0.39, 0.29) is 42.6 Å². The average molecular weight is 817 g/mol. The molecule has 2 aliphatic carbocycles. The van der Waals surface area contributed by atoms with Crippen LogP contribution in [0.5, 0.6) is 11.5 Å². The molecule has 0 unspecified atom stereocenters. The van der Waals surface area contributed by atoms with Crippen LogP contribution in [0.25, 0.3) is 12.2 Å². The van der Waals surface area contributed by atoms with Gasteiger partial charge in [0.1, 0.15) is 23.7 Å². The van der Waals surface area contributed by atoms with Gasteiger partial charge in [-0.2, -0.15) is 0 Å². The molecule has 0 heterocycles. The van der Waals surface area contributed by atoms with Crippen LogP contribution in [0, 0.1) is 5.41 Å². The van der Waals surface area contributed by atoms with Crippen molar-refractivity contribution in [3.63, 3.8) is 0 Å². The normalized spacial score (nSPS) is 15.0. The van der Waals surface area contributed by atoms with Crippen molar-refractivity contribution in [2.75, 3.05) is 26.4 Å². The number of carbonyl (C=O) groups excluding carboxylic acids is 4. The summed E-state index contributed by atoms with van der Waals surface area (Å²) in [5.74, 6) is 0.0583. The third-order valence-corrected chi connectivity index (χ3v) is 10.8. The van der Waals surface area contributed by atoms with Gasteiger partial charge in [-0.3, -0.25) is 14.4 Å². The highest BCUT2D eigenvalue weighted by molar-refractivity contribution is 5.93. The van der Waals surface area contributed by atoms with Crippen molar-refractivity contribution in [1.29, 1.82) is 0 Å². The van der Waals surface area contributed by atoms with Crippen molar-refractivity contribution in [1.82, 2.24) is 0 Å². The largest absolute Gasteiger partial charge is 0.494 e. The van der Waals surface area contributed by atoms with Gasteiger partial charge in [0.05, 0.1) is 44.7 Å². The van der Waals surface area contributed by atoms with E-state index in [0.717, 1.165) is 125 Å². The molecule has 2 fully saturated rings. The molecule has 0 N–H and O–H groups in total. The van der Waals surface area contributed by atoms with E-state index >= 15 is 0 Å². The molecule has 2 aromatic rings. The number of rotatable bonds is 26. The minimum Gasteiger partial charge on any atom is -0.494 e. The molecule has 0 aliphatic heterocycles. The highest BCUT2D eigenvalue weighted by Gasteiger charge is 2.34. The second kappa shape index (κ2) is 26.5. The van der Waals surface area contributed by atoms with Crippen molar-refractivity contribution in [2.45, 2.75) is 154 Å². The molecule has 2 aromatic carbocycles. The van der Waals surface area contributed by atoms with Crippen LogP contribution in [0.4, 0.5) is 0 Å². The maximum atomic E-state index is 12.6. The van der Waals surface area contributed by atoms with Crippen LogP contribution in [0.15, 0.2) is 60.7 Å². The summed E-state index contributed by atoms with van der Waals surface area (Å²) >= 11 is 0. The Labute approximate surface area is 352 Å². The third-order valence-electron chi connectivity index (χ3n) is 10.8. The summed E-state index contributed by atoms with van der Waals surface area (Å²) in [6.07, 6.45) is 21.4. The van der Waals surface area contributed by atoms with Crippen LogP contribution < -0.4 is 9.47 Å². The SMILES string of the molecule is C=C(CC(=O)OC1CCCCC1)C(=O)OCCCCCCOc1ccc(/C=C/c2ccc(OCCCCCCOC(=O)C(C)(C)CC(=O)OC3CCCCC3)cc2)cc1. The van der Waals surface area contributed by atoms with Crippen molar-refractivity contribution in [2.24, 2.45) is 5.41 Å². The lowest BCUT2D eigenvalue weighted by Gasteiger charge is -2.25. The Morgan fingerprint density at radius 1 is 0.576 bits per heavy atom. The van der Waals surface area contributed by atoms with Gasteiger partial charge in [0.25, 0.3) is 0 Å². The lowest BCUT2D eigenvalue weighted by molar-refractivity contribution is -0.163. The molecule has 2 saturated carbocycles. The van der Waals surface area contributed by atoms with Gasteiger partial charge in [-0.25, -0.2) is 4.79 Å². The van der Waals surface area contributed by atoms with Crippen LogP contribution in [0.3, 0.4) is 0 Å². The number of hydrogen-bond acceptors (Lipinski definition) is 10. The van der Waals surface area contributed by atoms with Gasteiger partial charge in [0.15, 0.2) is 0 Å². The predicted octanol–water partition coefficient (Wildman–Crippen LogP) is 10.9. The number of unbranched alkanes of at least 4 members (excludes halogenated alkanes) is 6. The van der Waals surface area contributed by atoms with Crippen LogP contribution >= 0.6 is 0 Å². The molecule has 0 aromatic heterocycles. The van der Waals surface area contributed by atoms with E-state index in [0.29, 0.717) is 26.4 Å². The molecular formula is C49H68O10. The summed E-state index contributed by atoms with van der Waals surface area (Å²) in [5.41, 5.74) is 1.39. The summed E-state index contributed by atoms with van der Waals surface area (Å²) in [7, 11) is 0. The quantitative estimate of drug-likeness (QED) is 0.0298. The molecule has 10 heteroatoms. The molecule has 0 atom stereocenters. The van der Waals surface area contributed by atoms with E-state index in [1.165, 1.54) is 12.8 Å². The summed E-state index contributed by atoms with van der Waals surface area (Å²) < 4.78 is 33.7. The van der Waals surface area contributed by atoms with Crippen molar-refractivity contribution < 1.29 is 47.6 Å². The van der Waals surface area contributed by atoms with E-state index in [2.05, 4.69) is 18.7 Å². The fourth-order valence-corrected chi connectivity index (χ4v) is 7.17. The number of carbonyl (C=O) groups is 4. The second-order valence-corrected chi connectivity index (χ2v) is 16.6. The Morgan fingerprint density at radius 3 is 1.47 bits per heavy atom. The molecule has 324 valence electrons. The van der Waals surface area contributed by atoms with Crippen LogP contribution in [0.1, 0.15) is 153 Å². The van der Waals surface area contributed by atoms with Gasteiger partial charge in [0, 0.05) is 5.57 Å². The molecular weight excluding hydrogens is 749 g/mol. The van der Waals surface area contributed by atoms with Crippen molar-refractivity contribution in [3.05, 3.63) is 71.8 Å². The van der Waals surface area contributed by atoms with Crippen LogP contribution in [-0.4, -0.2) is 62.5 Å². The lowest BCUT2D eigenvalue weighted by Crippen LogP contribution is -2.32. The summed E-state index contributed by atoms with van der Waals surface area (Å²) in [6, 6.07) is 16.0. The lowest BCUT2D eigenvalue weighted by atomic mass is 9.89. The standard InChI is InChI=1S/C49H68O10/c1-38(36-45(50)58-43-18-10-8-11-19-43)47(52)56-34-16-6-4-14-32-54-41-28-24-39(25-29-41)22-23-40-26-30-42(31-27-40)55-33-15-5-7-17-35-57-48(53)49(2,3)37-46(51)59-44-20-12-9-13-21-44/h22-31,43-44H,1,4-21,32-37H2,2-3H3/b23-22+. The minimum atomic E-state index is -0.896. The maximum absolute atomic E-state index is 12.6. The first-order valence-corrected chi connectivity index (χ1v) is 22.1. The van der Waals surface area contributed by atoms with E-state index in [1.54, 1.807) is 13.8 Å². The number of ether oxygens (including phenoxy) is 6. The topological polar surface area (TPSA) is 124 Å². The van der Waals surface area contributed by atoms with Gasteiger partial charge < -0.3 is 28.4 Å². The average Bonchev–Trinajstić information content (AvgIpc) is 3.23. The smallest absolute Gasteiger partial charge is 0.333 e. The first kappa shape index (κ1) is 47.1. The van der Waals surface area contributed by atoms with Gasteiger partial charge in [-0.1, -0.05) is 55.8 Å². The van der Waals surface area contributed by atoms with Gasteiger partial charge in [0.2, 0.25) is 0 Å². The minimum absolute atomic E-state index is 0.00725. The summed E-state index contributed by atoms with van der Waals surface area (Å²) in [5, 5.41) is 0. The Hall–Kier alpha value is -4.60. The van der Waals surface area contributed by atoms with E-state index in [4.69, 9.17) is 28.4 Å². The molecule has 59 heavy (non-hydrogen) atoms. The predicted molar refractivity (Wildman–Crippen MR) is 230 cm³/mol. The fourth-order valence-electron chi connectivity index (χ4n) is 7.17. The first-order chi connectivity index (χ1) is 28.6. The van der Waals surface area contributed by atoms with Crippen LogP contribution in [-0.2, 0) is 38.1 Å². The third kappa shape index (κ3) is 19.3. The van der Waals surface area contributed by atoms with Gasteiger partial charge >= 0.3 is 23.9 Å². The zero-order valence-electron chi connectivity index (χ0n) is 35.7. The van der Waals surface area contributed by atoms with E-state index < -0.39 is 17.4 Å². The summed E-state index contributed by atoms with van der Waals surface area (Å²) in [4.78, 5) is 49.2. The number of benzene rings is 2. The Balaban J connectivity index is 0.972. The molecule has 0 saturated heterocycles. The molecule has 0 spiro atoms. The van der Waals surface area contributed by atoms with Crippen molar-refractivity contribution in [3.8, 4) is 11.5 Å². The van der Waals surface area contributed by atoms with Crippen molar-refractivity contribution >= 4 is 36.0 Å². The van der Waals surface area contributed by atoms with Gasteiger partial charge in [-0.05, 0) is 152 Å². The molecule has 0 amide bonds. The molecule has 2 aliphatic rings. The van der Waals surface area contributed by atoms with Gasteiger partial charge in [-0.15, -0.1) is 0 Å². The highest BCUT2D eigenvalue weighted by atomic mass is 16.6. The van der Waals surface area contributed by atoms with E-state index in [9.17, 15) is 19.2 Å². The summed E-state index contributed by atoms with van der Waals surface area (Å²) in [6.45, 7) is 9.08. The molecule has 0 radical (unpaired) electrons.